The number of aromatic amines is 1. The van der Waals surface area contributed by atoms with Gasteiger partial charge in [0.2, 0.25) is 0 Å². The molecule has 0 aliphatic carbocycles. The predicted molar refractivity (Wildman–Crippen MR) is 92.1 cm³/mol. The van der Waals surface area contributed by atoms with Crippen molar-refractivity contribution in [3.8, 4) is 0 Å². The lowest BCUT2D eigenvalue weighted by molar-refractivity contribution is -0.0337. The molecule has 0 bridgehead atoms. The number of aromatic nitrogens is 4. The van der Waals surface area contributed by atoms with Crippen LogP contribution >= 0.6 is 11.3 Å². The second kappa shape index (κ2) is 6.46. The average molecular weight is 345 g/mol. The van der Waals surface area contributed by atoms with Crippen LogP contribution in [0.25, 0.3) is 10.2 Å². The van der Waals surface area contributed by atoms with Crippen LogP contribution in [0.1, 0.15) is 24.4 Å². The maximum Gasteiger partial charge on any atom is 0.268 e. The van der Waals surface area contributed by atoms with Crippen LogP contribution in [0, 0.1) is 0 Å². The first kappa shape index (κ1) is 15.5. The maximum absolute atomic E-state index is 12.1. The van der Waals surface area contributed by atoms with Crippen molar-refractivity contribution in [1.29, 1.82) is 0 Å². The molecule has 1 aliphatic rings. The summed E-state index contributed by atoms with van der Waals surface area (Å²) in [5.41, 5.74) is 1.81. The highest BCUT2D eigenvalue weighted by atomic mass is 32.1. The van der Waals surface area contributed by atoms with Crippen LogP contribution in [0.5, 0.6) is 0 Å². The molecule has 24 heavy (non-hydrogen) atoms. The second-order valence-corrected chi connectivity index (χ2v) is 6.79. The van der Waals surface area contributed by atoms with E-state index in [0.29, 0.717) is 23.7 Å². The van der Waals surface area contributed by atoms with E-state index in [2.05, 4.69) is 26.9 Å². The Kier molecular flexibility index (Phi) is 4.17. The van der Waals surface area contributed by atoms with E-state index in [1.165, 1.54) is 11.3 Å². The smallest absolute Gasteiger partial charge is 0.268 e. The van der Waals surface area contributed by atoms with Crippen LogP contribution in [0.15, 0.2) is 28.6 Å². The molecule has 0 radical (unpaired) electrons. The number of morpholine rings is 1. The Labute approximate surface area is 142 Å². The number of hydrogen-bond acceptors (Lipinski definition) is 6. The zero-order valence-electron chi connectivity index (χ0n) is 13.4. The molecule has 1 fully saturated rings. The molecule has 0 amide bonds. The zero-order chi connectivity index (χ0) is 16.5. The second-order valence-electron chi connectivity index (χ2n) is 5.87. The Balaban J connectivity index is 1.50. The Bertz CT molecular complexity index is 899. The molecule has 1 unspecified atom stereocenters. The Morgan fingerprint density at radius 1 is 1.50 bits per heavy atom. The summed E-state index contributed by atoms with van der Waals surface area (Å²) in [7, 11) is 0. The summed E-state index contributed by atoms with van der Waals surface area (Å²) in [6, 6.07) is 1.89. The van der Waals surface area contributed by atoms with Gasteiger partial charge < -0.3 is 9.72 Å². The van der Waals surface area contributed by atoms with Crippen molar-refractivity contribution >= 4 is 21.6 Å². The van der Waals surface area contributed by atoms with Gasteiger partial charge in [-0.2, -0.15) is 5.10 Å². The summed E-state index contributed by atoms with van der Waals surface area (Å²) < 4.78 is 8.48. The maximum atomic E-state index is 12.1. The molecule has 7 nitrogen and oxygen atoms in total. The fourth-order valence-corrected chi connectivity index (χ4v) is 3.70. The Hall–Kier alpha value is -2.03. The molecular weight excluding hydrogens is 326 g/mol. The number of nitrogens with one attached hydrogen (secondary N) is 1. The Morgan fingerprint density at radius 3 is 3.25 bits per heavy atom. The highest BCUT2D eigenvalue weighted by Gasteiger charge is 2.24. The third-order valence-electron chi connectivity index (χ3n) is 4.24. The van der Waals surface area contributed by atoms with Gasteiger partial charge in [-0.05, 0) is 18.4 Å². The topological polar surface area (TPSA) is 76.0 Å². The molecule has 1 aliphatic heterocycles. The van der Waals surface area contributed by atoms with Crippen LogP contribution in [-0.4, -0.2) is 44.3 Å². The summed E-state index contributed by atoms with van der Waals surface area (Å²) >= 11 is 1.42. The predicted octanol–water partition coefficient (Wildman–Crippen LogP) is 1.77. The van der Waals surface area contributed by atoms with Crippen molar-refractivity contribution in [2.75, 3.05) is 19.7 Å². The van der Waals surface area contributed by atoms with Gasteiger partial charge in [-0.15, -0.1) is 11.3 Å². The fourth-order valence-electron chi connectivity index (χ4n) is 2.97. The molecule has 3 aromatic rings. The third-order valence-corrected chi connectivity index (χ3v) is 5.14. The first-order chi connectivity index (χ1) is 11.7. The van der Waals surface area contributed by atoms with Gasteiger partial charge in [0.15, 0.2) is 0 Å². The zero-order valence-corrected chi connectivity index (χ0v) is 14.3. The number of H-pyrrole nitrogens is 1. The van der Waals surface area contributed by atoms with E-state index in [9.17, 15) is 4.79 Å². The molecule has 4 heterocycles. The van der Waals surface area contributed by atoms with Gasteiger partial charge in [0, 0.05) is 31.4 Å². The minimum atomic E-state index is -0.0565. The van der Waals surface area contributed by atoms with E-state index in [0.717, 1.165) is 30.7 Å². The van der Waals surface area contributed by atoms with E-state index in [1.54, 1.807) is 0 Å². The van der Waals surface area contributed by atoms with Crippen molar-refractivity contribution in [2.45, 2.75) is 26.1 Å². The highest BCUT2D eigenvalue weighted by Crippen LogP contribution is 2.22. The number of rotatable bonds is 4. The molecule has 126 valence electrons. The minimum absolute atomic E-state index is 0.00986. The first-order valence-electron chi connectivity index (χ1n) is 8.05. The van der Waals surface area contributed by atoms with Crippen molar-refractivity contribution in [3.05, 3.63) is 45.6 Å². The van der Waals surface area contributed by atoms with E-state index in [1.807, 2.05) is 28.5 Å². The van der Waals surface area contributed by atoms with Crippen LogP contribution < -0.4 is 5.56 Å². The van der Waals surface area contributed by atoms with Gasteiger partial charge in [-0.1, -0.05) is 0 Å². The molecule has 8 heteroatoms. The van der Waals surface area contributed by atoms with Crippen molar-refractivity contribution in [1.82, 2.24) is 24.6 Å². The van der Waals surface area contributed by atoms with Gasteiger partial charge >= 0.3 is 0 Å². The van der Waals surface area contributed by atoms with Gasteiger partial charge in [0.05, 0.1) is 31.0 Å². The van der Waals surface area contributed by atoms with Crippen LogP contribution in [0.4, 0.5) is 0 Å². The van der Waals surface area contributed by atoms with Crippen molar-refractivity contribution < 1.29 is 4.74 Å². The van der Waals surface area contributed by atoms with Crippen LogP contribution in [-0.2, 0) is 17.8 Å². The fraction of sp³-hybridized carbons (Fsp3) is 0.438. The molecule has 0 spiro atoms. The number of nitrogens with zero attached hydrogens (tertiary/aromatic N) is 4. The molecule has 0 aromatic carbocycles. The number of aryl methyl sites for hydroxylation is 1. The average Bonchev–Trinajstić information content (AvgIpc) is 3.24. The summed E-state index contributed by atoms with van der Waals surface area (Å²) in [6.07, 6.45) is 3.91. The largest absolute Gasteiger partial charge is 0.371 e. The highest BCUT2D eigenvalue weighted by molar-refractivity contribution is 7.17. The molecule has 0 saturated carbocycles. The number of thiophene rings is 1. The summed E-state index contributed by atoms with van der Waals surface area (Å²) in [4.78, 5) is 21.8. The lowest BCUT2D eigenvalue weighted by Gasteiger charge is -2.32. The lowest BCUT2D eigenvalue weighted by Crippen LogP contribution is -2.38. The molecule has 1 N–H and O–H groups in total. The monoisotopic (exact) mass is 345 g/mol. The van der Waals surface area contributed by atoms with Crippen molar-refractivity contribution in [3.63, 3.8) is 0 Å². The summed E-state index contributed by atoms with van der Waals surface area (Å²) in [5.74, 6) is 0.704. The molecule has 1 saturated heterocycles. The van der Waals surface area contributed by atoms with E-state index < -0.39 is 0 Å². The molecule has 1 atom stereocenters. The SMILES string of the molecule is CCn1cc(C2CN(Cc3nc4ccsc4c(=O)[nH]3)CCO2)cn1. The van der Waals surface area contributed by atoms with Crippen LogP contribution in [0.3, 0.4) is 0 Å². The third kappa shape index (κ3) is 3.00. The quantitative estimate of drug-likeness (QED) is 0.780. The van der Waals surface area contributed by atoms with E-state index >= 15 is 0 Å². The standard InChI is InChI=1S/C16H19N5O2S/c1-2-21-8-11(7-17-21)13-9-20(4-5-23-13)10-14-18-12-3-6-24-15(12)16(22)19-14/h3,6-8,13H,2,4-5,9-10H2,1H3,(H,18,19,22). The number of fused-ring (bicyclic) bond motifs is 1. The molecular formula is C16H19N5O2S. The van der Waals surface area contributed by atoms with Crippen molar-refractivity contribution in [2.24, 2.45) is 0 Å². The Morgan fingerprint density at radius 2 is 2.42 bits per heavy atom. The summed E-state index contributed by atoms with van der Waals surface area (Å²) in [5, 5.41) is 6.21. The lowest BCUT2D eigenvalue weighted by atomic mass is 10.1. The van der Waals surface area contributed by atoms with Gasteiger partial charge in [-0.25, -0.2) is 4.98 Å². The van der Waals surface area contributed by atoms with E-state index in [4.69, 9.17) is 4.74 Å². The summed E-state index contributed by atoms with van der Waals surface area (Å²) in [6.45, 7) is 5.77. The van der Waals surface area contributed by atoms with Gasteiger partial charge in [0.25, 0.3) is 5.56 Å². The first-order valence-corrected chi connectivity index (χ1v) is 8.93. The molecule has 4 rings (SSSR count). The minimum Gasteiger partial charge on any atom is -0.371 e. The normalized spacial score (nSPS) is 19.1. The number of ether oxygens (including phenoxy) is 1. The van der Waals surface area contributed by atoms with Crippen LogP contribution in [0.2, 0.25) is 0 Å². The number of hydrogen-bond donors (Lipinski definition) is 1. The van der Waals surface area contributed by atoms with E-state index in [-0.39, 0.29) is 11.7 Å². The van der Waals surface area contributed by atoms with Gasteiger partial charge in [-0.3, -0.25) is 14.4 Å². The molecule has 3 aromatic heterocycles. The van der Waals surface area contributed by atoms with Gasteiger partial charge in [0.1, 0.15) is 10.5 Å².